The van der Waals surface area contributed by atoms with E-state index in [2.05, 4.69) is 5.32 Å². The molecule has 0 saturated carbocycles. The lowest BCUT2D eigenvalue weighted by atomic mass is 10.1. The van der Waals surface area contributed by atoms with Crippen LogP contribution < -0.4 is 10.1 Å². The van der Waals surface area contributed by atoms with E-state index in [1.165, 1.54) is 0 Å². The zero-order valence-electron chi connectivity index (χ0n) is 11.7. The summed E-state index contributed by atoms with van der Waals surface area (Å²) in [6, 6.07) is 5.64. The van der Waals surface area contributed by atoms with Crippen LogP contribution in [0.2, 0.25) is 0 Å². The van der Waals surface area contributed by atoms with Crippen molar-refractivity contribution in [2.24, 2.45) is 0 Å². The van der Waals surface area contributed by atoms with Gasteiger partial charge in [-0.2, -0.15) is 0 Å². The summed E-state index contributed by atoms with van der Waals surface area (Å²) in [5, 5.41) is 3.20. The molecule has 0 radical (unpaired) electrons. The molecule has 0 spiro atoms. The summed E-state index contributed by atoms with van der Waals surface area (Å²) in [5.74, 6) is 0.373. The molecule has 0 unspecified atom stereocenters. The number of esters is 1. The van der Waals surface area contributed by atoms with Gasteiger partial charge in [-0.15, -0.1) is 0 Å². The van der Waals surface area contributed by atoms with Crippen molar-refractivity contribution >= 4 is 11.7 Å². The Labute approximate surface area is 113 Å². The summed E-state index contributed by atoms with van der Waals surface area (Å²) in [6.45, 7) is 5.07. The first-order valence-electron chi connectivity index (χ1n) is 6.36. The molecule has 0 amide bonds. The standard InChI is InChI=1S/C14H21NO4/c1-4-15-12-8-6-7-11(9-13(16)18-5-2)14(12)19-10-17-3/h6-8,15H,4-5,9-10H2,1-3H3. The van der Waals surface area contributed by atoms with Gasteiger partial charge in [0.25, 0.3) is 0 Å². The van der Waals surface area contributed by atoms with Crippen molar-refractivity contribution in [3.05, 3.63) is 23.8 Å². The molecule has 5 nitrogen and oxygen atoms in total. The smallest absolute Gasteiger partial charge is 0.310 e. The van der Waals surface area contributed by atoms with Gasteiger partial charge in [-0.25, -0.2) is 0 Å². The van der Waals surface area contributed by atoms with E-state index in [-0.39, 0.29) is 19.2 Å². The zero-order chi connectivity index (χ0) is 14.1. The number of carbonyl (C=O) groups excluding carboxylic acids is 1. The molecule has 1 N–H and O–H groups in total. The molecule has 0 aliphatic heterocycles. The van der Waals surface area contributed by atoms with Gasteiger partial charge in [0.15, 0.2) is 6.79 Å². The lowest BCUT2D eigenvalue weighted by molar-refractivity contribution is -0.142. The third-order valence-electron chi connectivity index (χ3n) is 2.43. The fourth-order valence-electron chi connectivity index (χ4n) is 1.71. The van der Waals surface area contributed by atoms with Gasteiger partial charge in [0.05, 0.1) is 18.7 Å². The number of para-hydroxylation sites is 1. The Morgan fingerprint density at radius 3 is 2.74 bits per heavy atom. The van der Waals surface area contributed by atoms with Crippen molar-refractivity contribution in [1.29, 1.82) is 0 Å². The molecule has 0 fully saturated rings. The summed E-state index contributed by atoms with van der Waals surface area (Å²) >= 11 is 0. The number of carbonyl (C=O) groups is 1. The van der Waals surface area contributed by atoms with Crippen LogP contribution in [-0.2, 0) is 20.7 Å². The molecule has 0 saturated heterocycles. The molecular weight excluding hydrogens is 246 g/mol. The van der Waals surface area contributed by atoms with E-state index < -0.39 is 0 Å². The molecule has 0 heterocycles. The average molecular weight is 267 g/mol. The predicted molar refractivity (Wildman–Crippen MR) is 73.4 cm³/mol. The van der Waals surface area contributed by atoms with Crippen molar-refractivity contribution in [3.8, 4) is 5.75 Å². The zero-order valence-corrected chi connectivity index (χ0v) is 11.7. The molecule has 0 bridgehead atoms. The highest BCUT2D eigenvalue weighted by atomic mass is 16.7. The highest BCUT2D eigenvalue weighted by molar-refractivity contribution is 5.75. The summed E-state index contributed by atoms with van der Waals surface area (Å²) < 4.78 is 15.4. The molecule has 0 aliphatic rings. The quantitative estimate of drug-likeness (QED) is 0.578. The first kappa shape index (κ1) is 15.3. The third kappa shape index (κ3) is 4.79. The third-order valence-corrected chi connectivity index (χ3v) is 2.43. The van der Waals surface area contributed by atoms with E-state index in [1.807, 2.05) is 25.1 Å². The molecule has 0 atom stereocenters. The van der Waals surface area contributed by atoms with Gasteiger partial charge in [-0.05, 0) is 19.9 Å². The minimum absolute atomic E-state index is 0.137. The Bertz CT molecular complexity index is 406. The monoisotopic (exact) mass is 267 g/mol. The SMILES string of the molecule is CCNc1cccc(CC(=O)OCC)c1OCOC. The fourth-order valence-corrected chi connectivity index (χ4v) is 1.71. The Hall–Kier alpha value is -1.75. The maximum atomic E-state index is 11.6. The van der Waals surface area contributed by atoms with Crippen molar-refractivity contribution in [2.75, 3.05) is 32.4 Å². The van der Waals surface area contributed by atoms with Crippen molar-refractivity contribution in [1.82, 2.24) is 0 Å². The Morgan fingerprint density at radius 2 is 2.11 bits per heavy atom. The Balaban J connectivity index is 2.93. The van der Waals surface area contributed by atoms with E-state index in [9.17, 15) is 4.79 Å². The number of ether oxygens (including phenoxy) is 3. The van der Waals surface area contributed by atoms with Crippen molar-refractivity contribution in [2.45, 2.75) is 20.3 Å². The van der Waals surface area contributed by atoms with Crippen molar-refractivity contribution in [3.63, 3.8) is 0 Å². The lowest BCUT2D eigenvalue weighted by Crippen LogP contribution is -2.11. The number of hydrogen-bond donors (Lipinski definition) is 1. The normalized spacial score (nSPS) is 10.1. The predicted octanol–water partition coefficient (Wildman–Crippen LogP) is 2.21. The maximum Gasteiger partial charge on any atom is 0.310 e. The van der Waals surface area contributed by atoms with Gasteiger partial charge < -0.3 is 19.5 Å². The van der Waals surface area contributed by atoms with Gasteiger partial charge in [0, 0.05) is 19.2 Å². The molecule has 1 rings (SSSR count). The molecule has 1 aromatic carbocycles. The van der Waals surface area contributed by atoms with Crippen LogP contribution in [0.3, 0.4) is 0 Å². The largest absolute Gasteiger partial charge is 0.466 e. The van der Waals surface area contributed by atoms with Crippen LogP contribution in [0.4, 0.5) is 5.69 Å². The lowest BCUT2D eigenvalue weighted by Gasteiger charge is -2.15. The minimum atomic E-state index is -0.265. The first-order valence-corrected chi connectivity index (χ1v) is 6.36. The van der Waals surface area contributed by atoms with E-state index in [4.69, 9.17) is 14.2 Å². The van der Waals surface area contributed by atoms with Crippen LogP contribution >= 0.6 is 0 Å². The van der Waals surface area contributed by atoms with Gasteiger partial charge in [-0.3, -0.25) is 4.79 Å². The summed E-state index contributed by atoms with van der Waals surface area (Å²) in [4.78, 5) is 11.6. The molecular formula is C14H21NO4. The Morgan fingerprint density at radius 1 is 1.32 bits per heavy atom. The average Bonchev–Trinajstić information content (AvgIpc) is 2.38. The van der Waals surface area contributed by atoms with Crippen LogP contribution in [0.5, 0.6) is 5.75 Å². The topological polar surface area (TPSA) is 56.8 Å². The maximum absolute atomic E-state index is 11.6. The number of nitrogens with one attached hydrogen (secondary N) is 1. The Kier molecular flexibility index (Phi) is 6.74. The van der Waals surface area contributed by atoms with E-state index in [1.54, 1.807) is 14.0 Å². The second-order valence-electron chi connectivity index (χ2n) is 3.86. The van der Waals surface area contributed by atoms with Crippen LogP contribution in [0.25, 0.3) is 0 Å². The van der Waals surface area contributed by atoms with Crippen LogP contribution in [0.15, 0.2) is 18.2 Å². The second-order valence-corrected chi connectivity index (χ2v) is 3.86. The van der Waals surface area contributed by atoms with Gasteiger partial charge >= 0.3 is 5.97 Å². The van der Waals surface area contributed by atoms with Gasteiger partial charge in [0.1, 0.15) is 5.75 Å². The van der Waals surface area contributed by atoms with E-state index in [0.717, 1.165) is 17.8 Å². The first-order chi connectivity index (χ1) is 9.22. The molecule has 0 aliphatic carbocycles. The summed E-state index contributed by atoms with van der Waals surface area (Å²) in [5.41, 5.74) is 1.63. The van der Waals surface area contributed by atoms with Crippen LogP contribution in [-0.4, -0.2) is 33.0 Å². The van der Waals surface area contributed by atoms with Crippen LogP contribution in [0.1, 0.15) is 19.4 Å². The number of hydrogen-bond acceptors (Lipinski definition) is 5. The highest BCUT2D eigenvalue weighted by Crippen LogP contribution is 2.29. The highest BCUT2D eigenvalue weighted by Gasteiger charge is 2.13. The molecule has 5 heteroatoms. The van der Waals surface area contributed by atoms with Gasteiger partial charge in [0.2, 0.25) is 0 Å². The second kappa shape index (κ2) is 8.37. The number of methoxy groups -OCH3 is 1. The van der Waals surface area contributed by atoms with Crippen molar-refractivity contribution < 1.29 is 19.0 Å². The number of anilines is 1. The number of benzene rings is 1. The summed E-state index contributed by atoms with van der Waals surface area (Å²) in [7, 11) is 1.56. The number of rotatable bonds is 8. The molecule has 1 aromatic rings. The van der Waals surface area contributed by atoms with E-state index in [0.29, 0.717) is 12.4 Å². The molecule has 19 heavy (non-hydrogen) atoms. The fraction of sp³-hybridized carbons (Fsp3) is 0.500. The molecule has 106 valence electrons. The van der Waals surface area contributed by atoms with Crippen LogP contribution in [0, 0.1) is 0 Å². The molecule has 0 aromatic heterocycles. The summed E-state index contributed by atoms with van der Waals surface area (Å²) in [6.07, 6.45) is 0.187. The van der Waals surface area contributed by atoms with E-state index >= 15 is 0 Å². The van der Waals surface area contributed by atoms with Gasteiger partial charge in [-0.1, -0.05) is 12.1 Å². The minimum Gasteiger partial charge on any atom is -0.466 e.